The van der Waals surface area contributed by atoms with Crippen molar-refractivity contribution >= 4 is 10.1 Å². The van der Waals surface area contributed by atoms with E-state index in [9.17, 15) is 8.42 Å². The van der Waals surface area contributed by atoms with Gasteiger partial charge in [0, 0.05) is 0 Å². The molecule has 0 fully saturated rings. The van der Waals surface area contributed by atoms with Crippen LogP contribution in [0.5, 0.6) is 0 Å². The second-order valence-electron chi connectivity index (χ2n) is 4.00. The summed E-state index contributed by atoms with van der Waals surface area (Å²) in [5.41, 5.74) is 6.66. The highest BCUT2D eigenvalue weighted by molar-refractivity contribution is 7.86. The van der Waals surface area contributed by atoms with Crippen LogP contribution in [0.4, 0.5) is 0 Å². The first kappa shape index (κ1) is 14.2. The lowest BCUT2D eigenvalue weighted by atomic mass is 9.91. The van der Waals surface area contributed by atoms with Crippen molar-refractivity contribution in [3.8, 4) is 0 Å². The Hall–Kier alpha value is -0.910. The number of hydrogen-bond acceptors (Lipinski definition) is 3. The van der Waals surface area contributed by atoms with E-state index in [1.165, 1.54) is 0 Å². The fourth-order valence-electron chi connectivity index (χ4n) is 2.02. The quantitative estimate of drug-likeness (QED) is 0.753. The molecule has 1 unspecified atom stereocenters. The average Bonchev–Trinajstić information content (AvgIpc) is 2.28. The Morgan fingerprint density at radius 1 is 1.41 bits per heavy atom. The molecule has 17 heavy (non-hydrogen) atoms. The van der Waals surface area contributed by atoms with Crippen LogP contribution in [-0.2, 0) is 16.5 Å². The van der Waals surface area contributed by atoms with Gasteiger partial charge >= 0.3 is 0 Å². The molecule has 0 aliphatic heterocycles. The minimum absolute atomic E-state index is 0.524. The van der Waals surface area contributed by atoms with Crippen molar-refractivity contribution in [2.75, 3.05) is 6.54 Å². The van der Waals surface area contributed by atoms with Gasteiger partial charge in [0.1, 0.15) is 5.25 Å². The number of rotatable bonds is 1. The molecule has 0 heterocycles. The van der Waals surface area contributed by atoms with Crippen molar-refractivity contribution < 1.29 is 13.0 Å². The van der Waals surface area contributed by atoms with Gasteiger partial charge in [0.15, 0.2) is 0 Å². The maximum atomic E-state index is 11.1. The first-order valence-electron chi connectivity index (χ1n) is 5.74. The second-order valence-corrected chi connectivity index (χ2v) is 5.60. The van der Waals surface area contributed by atoms with Gasteiger partial charge in [0.05, 0.1) is 0 Å². The third kappa shape index (κ3) is 3.80. The SMILES string of the molecule is CCN.O=S(=O)(O)C1CCCc2ccccc21. The van der Waals surface area contributed by atoms with Crippen molar-refractivity contribution in [2.45, 2.75) is 31.4 Å². The summed E-state index contributed by atoms with van der Waals surface area (Å²) in [6.07, 6.45) is 2.25. The number of fused-ring (bicyclic) bond motifs is 1. The Balaban J connectivity index is 0.000000437. The maximum absolute atomic E-state index is 11.1. The molecule has 0 aromatic heterocycles. The van der Waals surface area contributed by atoms with Gasteiger partial charge in [-0.3, -0.25) is 4.55 Å². The van der Waals surface area contributed by atoms with E-state index < -0.39 is 15.4 Å². The fourth-order valence-corrected chi connectivity index (χ4v) is 3.03. The summed E-state index contributed by atoms with van der Waals surface area (Å²) in [6.45, 7) is 2.65. The standard InChI is InChI=1S/C10H12O3S.C2H7N/c11-14(12,13)10-7-3-5-8-4-1-2-6-9(8)10;1-2-3/h1-2,4,6,10H,3,5,7H2,(H,11,12,13);2-3H2,1H3. The summed E-state index contributed by atoms with van der Waals surface area (Å²) in [5.74, 6) is 0. The molecule has 0 radical (unpaired) electrons. The highest BCUT2D eigenvalue weighted by Crippen LogP contribution is 2.34. The number of hydrogen-bond donors (Lipinski definition) is 2. The summed E-state index contributed by atoms with van der Waals surface area (Å²) < 4.78 is 31.3. The van der Waals surface area contributed by atoms with E-state index in [1.807, 2.05) is 25.1 Å². The molecule has 1 aliphatic carbocycles. The summed E-state index contributed by atoms with van der Waals surface area (Å²) in [6, 6.07) is 7.41. The predicted molar refractivity (Wildman–Crippen MR) is 68.4 cm³/mol. The Labute approximate surface area is 103 Å². The van der Waals surface area contributed by atoms with Gasteiger partial charge in [-0.05, 0) is 36.9 Å². The molecule has 0 bridgehead atoms. The first-order valence-corrected chi connectivity index (χ1v) is 7.25. The van der Waals surface area contributed by atoms with Gasteiger partial charge < -0.3 is 5.73 Å². The Morgan fingerprint density at radius 3 is 2.59 bits per heavy atom. The lowest BCUT2D eigenvalue weighted by molar-refractivity contribution is 0.457. The van der Waals surface area contributed by atoms with Crippen molar-refractivity contribution in [2.24, 2.45) is 5.73 Å². The zero-order valence-electron chi connectivity index (χ0n) is 9.96. The molecular formula is C12H19NO3S. The van der Waals surface area contributed by atoms with E-state index >= 15 is 0 Å². The van der Waals surface area contributed by atoms with E-state index in [0.717, 1.165) is 30.5 Å². The van der Waals surface area contributed by atoms with Crippen molar-refractivity contribution in [3.63, 3.8) is 0 Å². The molecule has 2 rings (SSSR count). The lowest BCUT2D eigenvalue weighted by Crippen LogP contribution is -2.17. The molecule has 3 N–H and O–H groups in total. The third-order valence-corrected chi connectivity index (χ3v) is 3.88. The summed E-state index contributed by atoms with van der Waals surface area (Å²) in [4.78, 5) is 0. The number of benzene rings is 1. The number of nitrogens with two attached hydrogens (primary N) is 1. The van der Waals surface area contributed by atoms with Crippen molar-refractivity contribution in [1.82, 2.24) is 0 Å². The van der Waals surface area contributed by atoms with Crippen LogP contribution >= 0.6 is 0 Å². The van der Waals surface area contributed by atoms with Crippen LogP contribution in [0.25, 0.3) is 0 Å². The smallest absolute Gasteiger partial charge is 0.271 e. The minimum atomic E-state index is -3.94. The third-order valence-electron chi connectivity index (χ3n) is 2.67. The van der Waals surface area contributed by atoms with Gasteiger partial charge in [-0.25, -0.2) is 0 Å². The highest BCUT2D eigenvalue weighted by Gasteiger charge is 2.29. The van der Waals surface area contributed by atoms with Crippen LogP contribution in [0, 0.1) is 0 Å². The van der Waals surface area contributed by atoms with Crippen LogP contribution < -0.4 is 5.73 Å². The molecule has 1 aliphatic rings. The van der Waals surface area contributed by atoms with E-state index in [2.05, 4.69) is 0 Å². The van der Waals surface area contributed by atoms with Gasteiger partial charge in [0.25, 0.3) is 10.1 Å². The first-order chi connectivity index (χ1) is 8.00. The van der Waals surface area contributed by atoms with Crippen molar-refractivity contribution in [3.05, 3.63) is 35.4 Å². The Bertz CT molecular complexity index is 457. The van der Waals surface area contributed by atoms with Crippen LogP contribution in [0.3, 0.4) is 0 Å². The van der Waals surface area contributed by atoms with E-state index in [0.29, 0.717) is 6.42 Å². The minimum Gasteiger partial charge on any atom is -0.331 e. The topological polar surface area (TPSA) is 80.4 Å². The highest BCUT2D eigenvalue weighted by atomic mass is 32.2. The molecule has 0 saturated heterocycles. The zero-order valence-corrected chi connectivity index (χ0v) is 10.8. The average molecular weight is 257 g/mol. The Kier molecular flexibility index (Phi) is 5.11. The van der Waals surface area contributed by atoms with Crippen LogP contribution in [0.2, 0.25) is 0 Å². The number of aryl methyl sites for hydroxylation is 1. The lowest BCUT2D eigenvalue weighted by Gasteiger charge is -2.22. The normalized spacial score (nSPS) is 18.9. The van der Waals surface area contributed by atoms with Gasteiger partial charge in [0.2, 0.25) is 0 Å². The monoisotopic (exact) mass is 257 g/mol. The zero-order chi connectivity index (χ0) is 12.9. The van der Waals surface area contributed by atoms with Gasteiger partial charge in [-0.1, -0.05) is 31.2 Å². The molecule has 1 aromatic rings. The summed E-state index contributed by atoms with van der Waals surface area (Å²) >= 11 is 0. The molecule has 1 aromatic carbocycles. The largest absolute Gasteiger partial charge is 0.331 e. The van der Waals surface area contributed by atoms with Crippen LogP contribution in [-0.4, -0.2) is 19.5 Å². The molecule has 1 atom stereocenters. The van der Waals surface area contributed by atoms with E-state index in [1.54, 1.807) is 6.07 Å². The second kappa shape index (κ2) is 6.14. The molecule has 0 amide bonds. The molecule has 96 valence electrons. The summed E-state index contributed by atoms with van der Waals surface area (Å²) in [5, 5.41) is -0.715. The predicted octanol–water partition coefficient (Wildman–Crippen LogP) is 1.92. The molecule has 4 nitrogen and oxygen atoms in total. The van der Waals surface area contributed by atoms with Crippen molar-refractivity contribution in [1.29, 1.82) is 0 Å². The molecule has 5 heteroatoms. The molecule has 0 saturated carbocycles. The van der Waals surface area contributed by atoms with E-state index in [-0.39, 0.29) is 0 Å². The maximum Gasteiger partial charge on any atom is 0.271 e. The van der Waals surface area contributed by atoms with Gasteiger partial charge in [-0.2, -0.15) is 8.42 Å². The Morgan fingerprint density at radius 2 is 2.00 bits per heavy atom. The fraction of sp³-hybridized carbons (Fsp3) is 0.500. The molecular weight excluding hydrogens is 238 g/mol. The summed E-state index contributed by atoms with van der Waals surface area (Å²) in [7, 11) is -3.94. The van der Waals surface area contributed by atoms with Crippen LogP contribution in [0.1, 0.15) is 36.1 Å². The van der Waals surface area contributed by atoms with E-state index in [4.69, 9.17) is 10.3 Å². The molecule has 0 spiro atoms. The van der Waals surface area contributed by atoms with Crippen LogP contribution in [0.15, 0.2) is 24.3 Å². The van der Waals surface area contributed by atoms with Gasteiger partial charge in [-0.15, -0.1) is 0 Å².